The molecule has 3 aromatic rings. The first-order valence-electron chi connectivity index (χ1n) is 6.58. The van der Waals surface area contributed by atoms with Crippen LogP contribution in [0, 0.1) is 13.8 Å². The molecule has 0 bridgehead atoms. The van der Waals surface area contributed by atoms with Crippen molar-refractivity contribution in [2.45, 2.75) is 38.2 Å². The molecule has 0 spiro atoms. The second-order valence-electron chi connectivity index (χ2n) is 4.44. The Balaban J connectivity index is 1.83. The predicted octanol–water partition coefficient (Wildman–Crippen LogP) is 2.85. The van der Waals surface area contributed by atoms with Gasteiger partial charge in [0, 0.05) is 13.5 Å². The number of thioether (sulfide) groups is 1. The molecule has 0 amide bonds. The van der Waals surface area contributed by atoms with E-state index in [0.717, 1.165) is 28.8 Å². The zero-order valence-electron chi connectivity index (χ0n) is 12.0. The van der Waals surface area contributed by atoms with E-state index in [1.807, 2.05) is 17.6 Å². The maximum Gasteiger partial charge on any atom is 0.226 e. The van der Waals surface area contributed by atoms with Gasteiger partial charge >= 0.3 is 0 Å². The van der Waals surface area contributed by atoms with Crippen LogP contribution in [0.5, 0.6) is 0 Å². The van der Waals surface area contributed by atoms with Gasteiger partial charge in [0.2, 0.25) is 11.8 Å². The van der Waals surface area contributed by atoms with E-state index in [2.05, 4.69) is 27.3 Å². The summed E-state index contributed by atoms with van der Waals surface area (Å²) in [5, 5.41) is 17.1. The summed E-state index contributed by atoms with van der Waals surface area (Å²) in [6, 6.07) is 1.90. The van der Waals surface area contributed by atoms with Crippen molar-refractivity contribution in [3.63, 3.8) is 0 Å². The molecule has 21 heavy (non-hydrogen) atoms. The Morgan fingerprint density at radius 2 is 2.05 bits per heavy atom. The van der Waals surface area contributed by atoms with Crippen LogP contribution in [0.15, 0.2) is 26.3 Å². The van der Waals surface area contributed by atoms with E-state index in [1.54, 1.807) is 13.2 Å². The van der Waals surface area contributed by atoms with Gasteiger partial charge in [0.25, 0.3) is 0 Å². The van der Waals surface area contributed by atoms with Crippen LogP contribution >= 0.6 is 11.8 Å². The highest BCUT2D eigenvalue weighted by molar-refractivity contribution is 7.98. The Morgan fingerprint density at radius 1 is 1.19 bits per heavy atom. The first-order valence-corrected chi connectivity index (χ1v) is 7.57. The zero-order valence-corrected chi connectivity index (χ0v) is 12.8. The molecule has 3 heterocycles. The highest BCUT2D eigenvalue weighted by atomic mass is 32.2. The third-order valence-electron chi connectivity index (χ3n) is 3.03. The number of furan rings is 1. The highest BCUT2D eigenvalue weighted by Crippen LogP contribution is 2.28. The molecule has 3 rings (SSSR count). The maximum absolute atomic E-state index is 5.36. The summed E-state index contributed by atoms with van der Waals surface area (Å²) in [7, 11) is 0. The molecule has 8 heteroatoms. The van der Waals surface area contributed by atoms with E-state index >= 15 is 0 Å². The molecule has 0 unspecified atom stereocenters. The molecule has 0 aromatic carbocycles. The summed E-state index contributed by atoms with van der Waals surface area (Å²) < 4.78 is 12.7. The van der Waals surface area contributed by atoms with Crippen molar-refractivity contribution in [3.05, 3.63) is 29.9 Å². The summed E-state index contributed by atoms with van der Waals surface area (Å²) in [5.74, 6) is 3.37. The fourth-order valence-corrected chi connectivity index (χ4v) is 2.86. The molecule has 0 atom stereocenters. The summed E-state index contributed by atoms with van der Waals surface area (Å²) in [6.07, 6.45) is 1.66. The van der Waals surface area contributed by atoms with Crippen molar-refractivity contribution in [3.8, 4) is 11.4 Å². The normalized spacial score (nSPS) is 11.2. The average Bonchev–Trinajstić information content (AvgIpc) is 3.16. The highest BCUT2D eigenvalue weighted by Gasteiger charge is 2.17. The van der Waals surface area contributed by atoms with E-state index < -0.39 is 0 Å². The van der Waals surface area contributed by atoms with Crippen molar-refractivity contribution < 1.29 is 8.83 Å². The lowest BCUT2D eigenvalue weighted by Gasteiger charge is -2.05. The van der Waals surface area contributed by atoms with E-state index in [1.165, 1.54) is 11.8 Å². The van der Waals surface area contributed by atoms with E-state index in [9.17, 15) is 0 Å². The second-order valence-corrected chi connectivity index (χ2v) is 5.39. The van der Waals surface area contributed by atoms with Crippen molar-refractivity contribution in [1.29, 1.82) is 0 Å². The molecule has 3 aromatic heterocycles. The van der Waals surface area contributed by atoms with Gasteiger partial charge in [-0.05, 0) is 19.9 Å². The maximum atomic E-state index is 5.36. The van der Waals surface area contributed by atoms with Gasteiger partial charge in [-0.2, -0.15) is 0 Å². The number of aryl methyl sites for hydroxylation is 2. The van der Waals surface area contributed by atoms with Crippen molar-refractivity contribution in [2.24, 2.45) is 0 Å². The Bertz CT molecular complexity index is 745. The Labute approximate surface area is 125 Å². The number of hydrogen-bond acceptors (Lipinski definition) is 7. The second kappa shape index (κ2) is 5.72. The van der Waals surface area contributed by atoms with E-state index in [0.29, 0.717) is 17.5 Å². The molecule has 0 saturated carbocycles. The third-order valence-corrected chi connectivity index (χ3v) is 3.98. The summed E-state index contributed by atoms with van der Waals surface area (Å²) in [4.78, 5) is 0. The third kappa shape index (κ3) is 2.71. The first kappa shape index (κ1) is 13.9. The SMILES string of the molecule is CCn1c(SCc2nnc(C)o2)nnc1-c1ccoc1C. The van der Waals surface area contributed by atoms with Crippen LogP contribution in [-0.2, 0) is 12.3 Å². The smallest absolute Gasteiger partial charge is 0.226 e. The van der Waals surface area contributed by atoms with Gasteiger partial charge in [0.05, 0.1) is 17.6 Å². The Kier molecular flexibility index (Phi) is 3.78. The molecule has 0 aliphatic carbocycles. The minimum Gasteiger partial charge on any atom is -0.469 e. The minimum atomic E-state index is 0.567. The molecular weight excluding hydrogens is 290 g/mol. The van der Waals surface area contributed by atoms with Crippen LogP contribution in [0.3, 0.4) is 0 Å². The van der Waals surface area contributed by atoms with Gasteiger partial charge in [-0.3, -0.25) is 0 Å². The van der Waals surface area contributed by atoms with Gasteiger partial charge in [-0.15, -0.1) is 20.4 Å². The molecule has 7 nitrogen and oxygen atoms in total. The number of aromatic nitrogens is 5. The summed E-state index contributed by atoms with van der Waals surface area (Å²) in [6.45, 7) is 6.52. The van der Waals surface area contributed by atoms with Gasteiger partial charge in [0.1, 0.15) is 5.76 Å². The van der Waals surface area contributed by atoms with Gasteiger partial charge in [-0.1, -0.05) is 11.8 Å². The summed E-state index contributed by atoms with van der Waals surface area (Å²) >= 11 is 1.52. The quantitative estimate of drug-likeness (QED) is 0.670. The lowest BCUT2D eigenvalue weighted by atomic mass is 10.2. The largest absolute Gasteiger partial charge is 0.469 e. The zero-order chi connectivity index (χ0) is 14.8. The number of nitrogens with zero attached hydrogens (tertiary/aromatic N) is 5. The molecule has 110 valence electrons. The fraction of sp³-hybridized carbons (Fsp3) is 0.385. The molecule has 0 aliphatic heterocycles. The standard InChI is InChI=1S/C13H15N5O2S/c1-4-18-12(10-5-6-19-8(10)2)16-17-13(18)21-7-11-15-14-9(3)20-11/h5-6H,4,7H2,1-3H3. The first-order chi connectivity index (χ1) is 10.2. The average molecular weight is 305 g/mol. The van der Waals surface area contributed by atoms with Gasteiger partial charge < -0.3 is 13.4 Å². The van der Waals surface area contributed by atoms with E-state index in [-0.39, 0.29) is 0 Å². The minimum absolute atomic E-state index is 0.567. The van der Waals surface area contributed by atoms with Gasteiger partial charge in [0.15, 0.2) is 11.0 Å². The fourth-order valence-electron chi connectivity index (χ4n) is 2.02. The monoisotopic (exact) mass is 305 g/mol. The molecule has 0 N–H and O–H groups in total. The summed E-state index contributed by atoms with van der Waals surface area (Å²) in [5.41, 5.74) is 0.963. The molecule has 0 fully saturated rings. The van der Waals surface area contributed by atoms with Crippen molar-refractivity contribution in [1.82, 2.24) is 25.0 Å². The molecule has 0 saturated heterocycles. The van der Waals surface area contributed by atoms with Crippen molar-refractivity contribution >= 4 is 11.8 Å². The lowest BCUT2D eigenvalue weighted by molar-refractivity contribution is 0.485. The Morgan fingerprint density at radius 3 is 2.67 bits per heavy atom. The predicted molar refractivity (Wildman–Crippen MR) is 76.7 cm³/mol. The van der Waals surface area contributed by atoms with Crippen LogP contribution in [-0.4, -0.2) is 25.0 Å². The topological polar surface area (TPSA) is 82.8 Å². The molecular formula is C13H15N5O2S. The molecule has 0 aliphatic rings. The van der Waals surface area contributed by atoms with Crippen molar-refractivity contribution in [2.75, 3.05) is 0 Å². The lowest BCUT2D eigenvalue weighted by Crippen LogP contribution is -2.00. The number of rotatable bonds is 5. The van der Waals surface area contributed by atoms with Gasteiger partial charge in [-0.25, -0.2) is 0 Å². The van der Waals surface area contributed by atoms with Crippen LogP contribution in [0.2, 0.25) is 0 Å². The van der Waals surface area contributed by atoms with Crippen LogP contribution < -0.4 is 0 Å². The van der Waals surface area contributed by atoms with Crippen LogP contribution in [0.25, 0.3) is 11.4 Å². The number of hydrogen-bond donors (Lipinski definition) is 0. The van der Waals surface area contributed by atoms with E-state index in [4.69, 9.17) is 8.83 Å². The van der Waals surface area contributed by atoms with Crippen LogP contribution in [0.4, 0.5) is 0 Å². The molecule has 0 radical (unpaired) electrons. The Hall–Kier alpha value is -2.09. The van der Waals surface area contributed by atoms with Crippen LogP contribution in [0.1, 0.15) is 24.5 Å².